The van der Waals surface area contributed by atoms with Crippen LogP contribution in [0.3, 0.4) is 0 Å². The average molecular weight is 491 g/mol. The number of hydrogen-bond donors (Lipinski definition) is 2. The van der Waals surface area contributed by atoms with E-state index in [9.17, 15) is 9.59 Å². The lowest BCUT2D eigenvalue weighted by atomic mass is 10.2. The van der Waals surface area contributed by atoms with Crippen LogP contribution in [0.2, 0.25) is 0 Å². The third-order valence-electron chi connectivity index (χ3n) is 4.25. The van der Waals surface area contributed by atoms with Crippen LogP contribution in [0, 0.1) is 0 Å². The molecule has 0 saturated heterocycles. The number of rotatable bonds is 10. The number of benzene rings is 2. The second kappa shape index (κ2) is 11.4. The lowest BCUT2D eigenvalue weighted by Crippen LogP contribution is -2.14. The predicted octanol–water partition coefficient (Wildman–Crippen LogP) is 3.56. The predicted molar refractivity (Wildman–Crippen MR) is 126 cm³/mol. The van der Waals surface area contributed by atoms with E-state index in [4.69, 9.17) is 18.9 Å². The number of hydrogen-bond acceptors (Lipinski definition) is 10. The Bertz CT molecular complexity index is 1120. The minimum atomic E-state index is -0.386. The third-order valence-corrected chi connectivity index (χ3v) is 6.22. The van der Waals surface area contributed by atoms with Crippen LogP contribution in [0.4, 0.5) is 10.8 Å². The fourth-order valence-electron chi connectivity index (χ4n) is 2.65. The molecule has 0 unspecified atom stereocenters. The molecular weight excluding hydrogens is 468 g/mol. The third kappa shape index (κ3) is 6.49. The minimum Gasteiger partial charge on any atom is -0.497 e. The summed E-state index contributed by atoms with van der Waals surface area (Å²) in [4.78, 5) is 24.9. The Kier molecular flexibility index (Phi) is 8.33. The molecule has 0 fully saturated rings. The maximum Gasteiger partial charge on any atom is 0.257 e. The van der Waals surface area contributed by atoms with Crippen molar-refractivity contribution in [2.24, 2.45) is 0 Å². The summed E-state index contributed by atoms with van der Waals surface area (Å²) in [6.45, 7) is 0. The number of thioether (sulfide) groups is 1. The van der Waals surface area contributed by atoms with Crippen molar-refractivity contribution < 1.29 is 28.5 Å². The van der Waals surface area contributed by atoms with E-state index in [2.05, 4.69) is 20.8 Å². The van der Waals surface area contributed by atoms with Crippen LogP contribution in [-0.4, -0.2) is 56.2 Å². The highest BCUT2D eigenvalue weighted by Gasteiger charge is 2.15. The average Bonchev–Trinajstić information content (AvgIpc) is 3.29. The first-order chi connectivity index (χ1) is 15.9. The molecule has 1 heterocycles. The molecule has 0 spiro atoms. The number of amides is 2. The summed E-state index contributed by atoms with van der Waals surface area (Å²) in [7, 11) is 6.07. The zero-order chi connectivity index (χ0) is 23.8. The Hall–Kier alpha value is -3.51. The van der Waals surface area contributed by atoms with Crippen molar-refractivity contribution in [1.82, 2.24) is 10.2 Å². The van der Waals surface area contributed by atoms with Crippen LogP contribution in [0.25, 0.3) is 0 Å². The van der Waals surface area contributed by atoms with Gasteiger partial charge in [0.05, 0.1) is 39.9 Å². The van der Waals surface area contributed by atoms with Gasteiger partial charge in [-0.05, 0) is 24.3 Å². The second-order valence-corrected chi connectivity index (χ2v) is 8.53. The number of methoxy groups -OCH3 is 4. The van der Waals surface area contributed by atoms with Gasteiger partial charge in [0.1, 0.15) is 23.0 Å². The van der Waals surface area contributed by atoms with E-state index in [0.29, 0.717) is 43.7 Å². The van der Waals surface area contributed by atoms with E-state index < -0.39 is 0 Å². The van der Waals surface area contributed by atoms with Gasteiger partial charge in [0.25, 0.3) is 5.91 Å². The molecule has 10 nitrogen and oxygen atoms in total. The molecule has 2 aromatic carbocycles. The highest BCUT2D eigenvalue weighted by molar-refractivity contribution is 8.01. The van der Waals surface area contributed by atoms with E-state index in [1.807, 2.05) is 0 Å². The van der Waals surface area contributed by atoms with Crippen LogP contribution in [-0.2, 0) is 4.79 Å². The molecule has 1 aromatic heterocycles. The first-order valence-electron chi connectivity index (χ1n) is 9.48. The van der Waals surface area contributed by atoms with Gasteiger partial charge in [-0.25, -0.2) is 0 Å². The molecule has 0 aliphatic carbocycles. The summed E-state index contributed by atoms with van der Waals surface area (Å²) in [5, 5.41) is 13.8. The first kappa shape index (κ1) is 24.1. The number of nitrogens with zero attached hydrogens (tertiary/aromatic N) is 2. The SMILES string of the molecule is COc1cc(OC)cc(C(=O)Nc2nnc(SCC(=O)Nc3cc(OC)ccc3OC)s2)c1. The zero-order valence-electron chi connectivity index (χ0n) is 18.3. The van der Waals surface area contributed by atoms with Gasteiger partial charge in [-0.1, -0.05) is 23.1 Å². The van der Waals surface area contributed by atoms with Crippen molar-refractivity contribution in [3.05, 3.63) is 42.0 Å². The van der Waals surface area contributed by atoms with Gasteiger partial charge in [-0.15, -0.1) is 10.2 Å². The van der Waals surface area contributed by atoms with Crippen LogP contribution in [0.5, 0.6) is 23.0 Å². The molecular formula is C21H22N4O6S2. The number of carbonyl (C=O) groups is 2. The Morgan fingerprint density at radius 1 is 0.879 bits per heavy atom. The number of carbonyl (C=O) groups excluding carboxylic acids is 2. The fourth-order valence-corrected chi connectivity index (χ4v) is 4.20. The lowest BCUT2D eigenvalue weighted by Gasteiger charge is -2.11. The monoisotopic (exact) mass is 490 g/mol. The zero-order valence-corrected chi connectivity index (χ0v) is 20.0. The Morgan fingerprint density at radius 3 is 2.21 bits per heavy atom. The summed E-state index contributed by atoms with van der Waals surface area (Å²) in [5.41, 5.74) is 0.851. The number of anilines is 2. The van der Waals surface area contributed by atoms with Crippen LogP contribution < -0.4 is 29.6 Å². The molecule has 0 atom stereocenters. The summed E-state index contributed by atoms with van der Waals surface area (Å²) in [6, 6.07) is 9.97. The first-order valence-corrected chi connectivity index (χ1v) is 11.3. The van der Waals surface area contributed by atoms with Crippen LogP contribution >= 0.6 is 23.1 Å². The Balaban J connectivity index is 1.58. The summed E-state index contributed by atoms with van der Waals surface area (Å²) in [6.07, 6.45) is 0. The molecule has 0 aliphatic rings. The van der Waals surface area contributed by atoms with Crippen molar-refractivity contribution in [3.8, 4) is 23.0 Å². The van der Waals surface area contributed by atoms with Gasteiger partial charge in [0.15, 0.2) is 4.34 Å². The maximum absolute atomic E-state index is 12.6. The minimum absolute atomic E-state index is 0.0933. The quantitative estimate of drug-likeness (QED) is 0.325. The normalized spacial score (nSPS) is 10.3. The van der Waals surface area contributed by atoms with E-state index in [1.165, 1.54) is 33.1 Å². The van der Waals surface area contributed by atoms with Gasteiger partial charge in [-0.3, -0.25) is 14.9 Å². The highest BCUT2D eigenvalue weighted by atomic mass is 32.2. The molecule has 0 saturated carbocycles. The second-order valence-electron chi connectivity index (χ2n) is 6.33. The smallest absolute Gasteiger partial charge is 0.257 e. The van der Waals surface area contributed by atoms with Crippen molar-refractivity contribution in [2.75, 3.05) is 44.8 Å². The van der Waals surface area contributed by atoms with Crippen molar-refractivity contribution in [3.63, 3.8) is 0 Å². The van der Waals surface area contributed by atoms with Crippen molar-refractivity contribution in [1.29, 1.82) is 0 Å². The molecule has 2 N–H and O–H groups in total. The molecule has 3 rings (SSSR count). The molecule has 2 amide bonds. The van der Waals surface area contributed by atoms with Crippen molar-refractivity contribution >= 4 is 45.7 Å². The van der Waals surface area contributed by atoms with E-state index in [0.717, 1.165) is 11.3 Å². The summed E-state index contributed by atoms with van der Waals surface area (Å²) in [5.74, 6) is 1.55. The number of nitrogens with one attached hydrogen (secondary N) is 2. The Morgan fingerprint density at radius 2 is 1.58 bits per heavy atom. The van der Waals surface area contributed by atoms with Gasteiger partial charge in [0.2, 0.25) is 11.0 Å². The number of ether oxygens (including phenoxy) is 4. The van der Waals surface area contributed by atoms with Crippen LogP contribution in [0.15, 0.2) is 40.7 Å². The largest absolute Gasteiger partial charge is 0.497 e. The Labute approximate surface area is 198 Å². The van der Waals surface area contributed by atoms with E-state index >= 15 is 0 Å². The molecule has 0 aliphatic heterocycles. The highest BCUT2D eigenvalue weighted by Crippen LogP contribution is 2.30. The van der Waals surface area contributed by atoms with E-state index in [-0.39, 0.29) is 17.6 Å². The fraction of sp³-hybridized carbons (Fsp3) is 0.238. The molecule has 3 aromatic rings. The summed E-state index contributed by atoms with van der Waals surface area (Å²) < 4.78 is 21.3. The maximum atomic E-state index is 12.6. The topological polar surface area (TPSA) is 121 Å². The lowest BCUT2D eigenvalue weighted by molar-refractivity contribution is -0.113. The molecule has 0 bridgehead atoms. The molecule has 12 heteroatoms. The van der Waals surface area contributed by atoms with E-state index in [1.54, 1.807) is 43.5 Å². The molecule has 0 radical (unpaired) electrons. The molecule has 174 valence electrons. The standard InChI is InChI=1S/C21H22N4O6S2/c1-28-13-5-6-17(31-4)16(10-13)22-18(26)11-32-21-25-24-20(33-21)23-19(27)12-7-14(29-2)9-15(8-12)30-3/h5-10H,11H2,1-4H3,(H,22,26)(H,23,24,27). The molecule has 33 heavy (non-hydrogen) atoms. The van der Waals surface area contributed by atoms with Crippen molar-refractivity contribution in [2.45, 2.75) is 4.34 Å². The van der Waals surface area contributed by atoms with Gasteiger partial charge in [0, 0.05) is 17.7 Å². The van der Waals surface area contributed by atoms with Gasteiger partial charge >= 0.3 is 0 Å². The summed E-state index contributed by atoms with van der Waals surface area (Å²) >= 11 is 2.36. The van der Waals surface area contributed by atoms with Gasteiger partial charge < -0.3 is 24.3 Å². The van der Waals surface area contributed by atoms with Crippen LogP contribution in [0.1, 0.15) is 10.4 Å². The number of aromatic nitrogens is 2. The van der Waals surface area contributed by atoms with Gasteiger partial charge in [-0.2, -0.15) is 0 Å².